The van der Waals surface area contributed by atoms with Crippen molar-refractivity contribution in [2.45, 2.75) is 0 Å². The van der Waals surface area contributed by atoms with Crippen molar-refractivity contribution < 1.29 is 61.3 Å². The van der Waals surface area contributed by atoms with Gasteiger partial charge in [0.1, 0.15) is 12.4 Å². The first-order chi connectivity index (χ1) is 7.75. The van der Waals surface area contributed by atoms with Gasteiger partial charge in [0, 0.05) is 34.7 Å². The fourth-order valence-corrected chi connectivity index (χ4v) is 1.73. The Kier molecular flexibility index (Phi) is 3.60. The molecule has 0 unspecified atom stereocenters. The first-order valence-corrected chi connectivity index (χ1v) is 4.67. The Morgan fingerprint density at radius 3 is 2.76 bits per heavy atom. The van der Waals surface area contributed by atoms with Gasteiger partial charge in [0.15, 0.2) is 0 Å². The maximum absolute atomic E-state index is 10.7. The summed E-state index contributed by atoms with van der Waals surface area (Å²) in [5.74, 6) is 0. The predicted octanol–water partition coefficient (Wildman–Crippen LogP) is -2.22. The minimum Gasteiger partial charge on any atom is -0.529 e. The van der Waals surface area contributed by atoms with Crippen molar-refractivity contribution in [1.82, 2.24) is 14.5 Å². The van der Waals surface area contributed by atoms with Crippen LogP contribution in [0.3, 0.4) is 0 Å². The number of benzene rings is 1. The molecule has 0 amide bonds. The van der Waals surface area contributed by atoms with Gasteiger partial charge in [-0.05, 0) is 0 Å². The Bertz CT molecular complexity index is 708. The molecule has 0 bridgehead atoms. The summed E-state index contributed by atoms with van der Waals surface area (Å²) in [6.07, 6.45) is 4.87. The number of rotatable bonds is 0. The molecule has 2 aromatic heterocycles. The third kappa shape index (κ3) is 2.14. The van der Waals surface area contributed by atoms with Crippen LogP contribution >= 0.6 is 0 Å². The average Bonchev–Trinajstić information content (AvgIpc) is 2.76. The molecule has 0 radical (unpaired) electrons. The minimum atomic E-state index is -1.30. The van der Waals surface area contributed by atoms with Crippen molar-refractivity contribution in [3.8, 4) is 0 Å². The van der Waals surface area contributed by atoms with Crippen LogP contribution in [-0.4, -0.2) is 20.6 Å². The second-order valence-corrected chi connectivity index (χ2v) is 3.46. The molecule has 5 nitrogen and oxygen atoms in total. The normalized spacial score (nSPS) is 10.4. The molecule has 2 heterocycles. The molecular weight excluding hydrogens is 245 g/mol. The Balaban J connectivity index is 0.00000108. The maximum atomic E-state index is 10.7. The van der Waals surface area contributed by atoms with Crippen molar-refractivity contribution >= 4 is 27.8 Å². The number of carboxylic acid groups (broad SMARTS) is 1. The molecule has 0 aliphatic rings. The molecule has 0 aliphatic carbocycles. The molecule has 6 heteroatoms. The van der Waals surface area contributed by atoms with Crippen molar-refractivity contribution in [2.75, 3.05) is 0 Å². The number of hydrogen-bond acceptors (Lipinski definition) is 4. The van der Waals surface area contributed by atoms with E-state index in [0.717, 1.165) is 26.2 Å². The third-order valence-corrected chi connectivity index (χ3v) is 2.50. The summed E-state index contributed by atoms with van der Waals surface area (Å²) >= 11 is 0. The van der Waals surface area contributed by atoms with Crippen LogP contribution in [0.4, 0.5) is 4.79 Å². The summed E-state index contributed by atoms with van der Waals surface area (Å²) in [5.41, 5.74) is 0.743. The molecule has 1 aromatic carbocycles. The SMILES string of the molecule is O=C([O-])n1cnc2c(ccc3cncc32)c1.[K+]. The largest absolute Gasteiger partial charge is 1.00 e. The average molecular weight is 251 g/mol. The van der Waals surface area contributed by atoms with E-state index in [1.807, 2.05) is 12.1 Å². The molecule has 0 saturated heterocycles. The number of carbonyl (C=O) groups excluding carboxylic acids is 1. The van der Waals surface area contributed by atoms with E-state index in [1.165, 1.54) is 12.5 Å². The van der Waals surface area contributed by atoms with Gasteiger partial charge in [0.05, 0.1) is 5.52 Å². The number of carbonyl (C=O) groups is 1. The van der Waals surface area contributed by atoms with E-state index in [-0.39, 0.29) is 51.4 Å². The standard InChI is InChI=1S/C11H7N3O2.K/c15-11(16)14-5-8-2-1-7-3-12-4-9(7)10(8)13-6-14;/h1-6H,(H,15,16);/q;+1/p-1. The first kappa shape index (κ1) is 12.7. The van der Waals surface area contributed by atoms with E-state index in [9.17, 15) is 9.90 Å². The van der Waals surface area contributed by atoms with Crippen molar-refractivity contribution in [3.63, 3.8) is 0 Å². The van der Waals surface area contributed by atoms with E-state index < -0.39 is 6.09 Å². The molecule has 0 saturated carbocycles. The number of fused-ring (bicyclic) bond motifs is 3. The van der Waals surface area contributed by atoms with Gasteiger partial charge in [-0.25, -0.2) is 4.98 Å². The summed E-state index contributed by atoms with van der Waals surface area (Å²) in [5, 5.41) is 13.3. The van der Waals surface area contributed by atoms with Crippen molar-refractivity contribution in [3.05, 3.63) is 37.1 Å². The zero-order valence-corrected chi connectivity index (χ0v) is 12.2. The van der Waals surface area contributed by atoms with Crippen LogP contribution in [0.5, 0.6) is 0 Å². The quantitative estimate of drug-likeness (QED) is 0.424. The Hall–Kier alpha value is -0.794. The van der Waals surface area contributed by atoms with Crippen LogP contribution in [0.1, 0.15) is 0 Å². The van der Waals surface area contributed by atoms with E-state index >= 15 is 0 Å². The van der Waals surface area contributed by atoms with E-state index in [0.29, 0.717) is 0 Å². The predicted molar refractivity (Wildman–Crippen MR) is 55.8 cm³/mol. The summed E-state index contributed by atoms with van der Waals surface area (Å²) in [4.78, 5) is 18.8. The second-order valence-electron chi connectivity index (χ2n) is 3.46. The van der Waals surface area contributed by atoms with Crippen molar-refractivity contribution in [2.24, 2.45) is 0 Å². The van der Waals surface area contributed by atoms with E-state index in [2.05, 4.69) is 9.97 Å². The Morgan fingerprint density at radius 1 is 1.24 bits per heavy atom. The molecule has 3 rings (SSSR count). The van der Waals surface area contributed by atoms with E-state index in [1.54, 1.807) is 12.4 Å². The van der Waals surface area contributed by atoms with Crippen LogP contribution < -0.4 is 56.5 Å². The zero-order chi connectivity index (χ0) is 11.1. The molecule has 3 aromatic rings. The summed E-state index contributed by atoms with van der Waals surface area (Å²) < 4.78 is 0.921. The summed E-state index contributed by atoms with van der Waals surface area (Å²) in [6, 6.07) is 3.69. The molecule has 17 heavy (non-hydrogen) atoms. The molecule has 0 spiro atoms. The molecule has 0 fully saturated rings. The van der Waals surface area contributed by atoms with Crippen molar-refractivity contribution in [1.29, 1.82) is 0 Å². The van der Waals surface area contributed by atoms with Gasteiger partial charge in [-0.3, -0.25) is 9.55 Å². The smallest absolute Gasteiger partial charge is 0.529 e. The zero-order valence-electron chi connectivity index (χ0n) is 9.12. The molecule has 0 atom stereocenters. The monoisotopic (exact) mass is 251 g/mol. The fourth-order valence-electron chi connectivity index (χ4n) is 1.73. The van der Waals surface area contributed by atoms with Gasteiger partial charge in [0.25, 0.3) is 0 Å². The van der Waals surface area contributed by atoms with Gasteiger partial charge in [0.2, 0.25) is 0 Å². The summed E-state index contributed by atoms with van der Waals surface area (Å²) in [6.45, 7) is 0. The van der Waals surface area contributed by atoms with Crippen LogP contribution in [0.15, 0.2) is 37.1 Å². The molecule has 78 valence electrons. The fraction of sp³-hybridized carbons (Fsp3) is 0. The van der Waals surface area contributed by atoms with Crippen LogP contribution in [-0.2, 0) is 0 Å². The van der Waals surface area contributed by atoms with Crippen LogP contribution in [0, 0.1) is 0 Å². The number of aromatic nitrogens is 3. The Morgan fingerprint density at radius 2 is 2.00 bits per heavy atom. The maximum Gasteiger partial charge on any atom is 1.00 e. The third-order valence-electron chi connectivity index (χ3n) is 2.50. The van der Waals surface area contributed by atoms with Gasteiger partial charge < -0.3 is 9.90 Å². The molecule has 0 N–H and O–H groups in total. The molecular formula is C11H6KN3O2. The Labute approximate surface area is 139 Å². The number of nitrogens with zero attached hydrogens (tertiary/aromatic N) is 3. The number of hydrogen-bond donors (Lipinski definition) is 0. The van der Waals surface area contributed by atoms with Gasteiger partial charge >= 0.3 is 51.4 Å². The van der Waals surface area contributed by atoms with Gasteiger partial charge in [-0.15, -0.1) is 0 Å². The first-order valence-electron chi connectivity index (χ1n) is 4.67. The van der Waals surface area contributed by atoms with Gasteiger partial charge in [-0.1, -0.05) is 12.1 Å². The minimum absolute atomic E-state index is 0. The topological polar surface area (TPSA) is 70.8 Å². The second kappa shape index (κ2) is 4.83. The van der Waals surface area contributed by atoms with E-state index in [4.69, 9.17) is 0 Å². The van der Waals surface area contributed by atoms with Gasteiger partial charge in [-0.2, -0.15) is 0 Å². The van der Waals surface area contributed by atoms with Crippen LogP contribution in [0.25, 0.3) is 21.7 Å². The summed E-state index contributed by atoms with van der Waals surface area (Å²) in [7, 11) is 0. The van der Waals surface area contributed by atoms with Crippen LogP contribution in [0.2, 0.25) is 0 Å². The molecule has 0 aliphatic heterocycles.